The number of carbonyl (C=O) groups is 1. The summed E-state index contributed by atoms with van der Waals surface area (Å²) < 4.78 is 0. The van der Waals surface area contributed by atoms with Gasteiger partial charge in [-0.05, 0) is 51.3 Å². The highest BCUT2D eigenvalue weighted by atomic mass is 16.2. The van der Waals surface area contributed by atoms with Crippen molar-refractivity contribution in [1.82, 2.24) is 14.8 Å². The number of pyridine rings is 1. The van der Waals surface area contributed by atoms with Crippen molar-refractivity contribution in [2.24, 2.45) is 5.41 Å². The zero-order valence-electron chi connectivity index (χ0n) is 15.5. The molecule has 3 heterocycles. The number of nitrogens with zero attached hydrogens (tertiary/aromatic N) is 4. The van der Waals surface area contributed by atoms with Crippen molar-refractivity contribution in [3.05, 3.63) is 23.9 Å². The van der Waals surface area contributed by atoms with E-state index >= 15 is 0 Å². The van der Waals surface area contributed by atoms with E-state index in [0.29, 0.717) is 11.9 Å². The summed E-state index contributed by atoms with van der Waals surface area (Å²) in [5.74, 6) is 1.36. The van der Waals surface area contributed by atoms with Gasteiger partial charge in [0.2, 0.25) is 5.91 Å². The molecular weight excluding hydrogens is 300 g/mol. The van der Waals surface area contributed by atoms with Gasteiger partial charge in [-0.2, -0.15) is 0 Å². The van der Waals surface area contributed by atoms with Crippen molar-refractivity contribution < 1.29 is 4.79 Å². The number of carbonyl (C=O) groups excluding carboxylic acids is 1. The molecule has 1 amide bonds. The van der Waals surface area contributed by atoms with Crippen LogP contribution in [0.4, 0.5) is 5.82 Å². The SMILES string of the molecule is CC(C)N1CCC[C@]2(CCN(Cc3ccc(N(C)C)nc3)C2)C1=O. The van der Waals surface area contributed by atoms with Gasteiger partial charge in [0.05, 0.1) is 5.41 Å². The third-order valence-corrected chi connectivity index (χ3v) is 5.50. The largest absolute Gasteiger partial charge is 0.363 e. The minimum atomic E-state index is -0.139. The molecule has 0 aliphatic carbocycles. The van der Waals surface area contributed by atoms with Gasteiger partial charge in [-0.25, -0.2) is 4.98 Å². The smallest absolute Gasteiger partial charge is 0.230 e. The molecule has 5 heteroatoms. The van der Waals surface area contributed by atoms with Crippen LogP contribution in [-0.4, -0.2) is 60.5 Å². The summed E-state index contributed by atoms with van der Waals surface area (Å²) in [5.41, 5.74) is 1.08. The normalized spacial score (nSPS) is 25.0. The number of rotatable bonds is 4. The summed E-state index contributed by atoms with van der Waals surface area (Å²) >= 11 is 0. The van der Waals surface area contributed by atoms with Crippen LogP contribution in [0.15, 0.2) is 18.3 Å². The first-order valence-corrected chi connectivity index (χ1v) is 9.07. The Labute approximate surface area is 145 Å². The molecule has 2 aliphatic heterocycles. The molecule has 0 N–H and O–H groups in total. The second-order valence-corrected chi connectivity index (χ2v) is 7.86. The Morgan fingerprint density at radius 1 is 1.25 bits per heavy atom. The summed E-state index contributed by atoms with van der Waals surface area (Å²) in [6.07, 6.45) is 5.14. The quantitative estimate of drug-likeness (QED) is 0.850. The molecule has 132 valence electrons. The van der Waals surface area contributed by atoms with Gasteiger partial charge in [0.25, 0.3) is 0 Å². The monoisotopic (exact) mass is 330 g/mol. The van der Waals surface area contributed by atoms with Crippen molar-refractivity contribution in [3.8, 4) is 0 Å². The fraction of sp³-hybridized carbons (Fsp3) is 0.684. The van der Waals surface area contributed by atoms with Crippen LogP contribution in [0.1, 0.15) is 38.7 Å². The van der Waals surface area contributed by atoms with Crippen LogP contribution >= 0.6 is 0 Å². The summed E-state index contributed by atoms with van der Waals surface area (Å²) in [7, 11) is 4.00. The molecule has 0 aromatic carbocycles. The molecule has 1 spiro atoms. The molecule has 1 aromatic heterocycles. The maximum Gasteiger partial charge on any atom is 0.230 e. The van der Waals surface area contributed by atoms with Crippen LogP contribution in [0.2, 0.25) is 0 Å². The van der Waals surface area contributed by atoms with Crippen LogP contribution in [0.3, 0.4) is 0 Å². The van der Waals surface area contributed by atoms with Gasteiger partial charge < -0.3 is 9.80 Å². The second kappa shape index (κ2) is 6.71. The van der Waals surface area contributed by atoms with Crippen LogP contribution < -0.4 is 4.90 Å². The predicted octanol–water partition coefficient (Wildman–Crippen LogP) is 2.37. The molecule has 2 saturated heterocycles. The number of aromatic nitrogens is 1. The van der Waals surface area contributed by atoms with Gasteiger partial charge in [0.15, 0.2) is 0 Å². The lowest BCUT2D eigenvalue weighted by Gasteiger charge is -2.41. The first-order chi connectivity index (χ1) is 11.4. The maximum absolute atomic E-state index is 13.0. The van der Waals surface area contributed by atoms with Crippen LogP contribution in [0, 0.1) is 5.41 Å². The molecule has 2 fully saturated rings. The molecule has 1 atom stereocenters. The molecule has 1 aromatic rings. The molecular formula is C19H30N4O. The Kier molecular flexibility index (Phi) is 4.81. The van der Waals surface area contributed by atoms with Crippen LogP contribution in [0.5, 0.6) is 0 Å². The lowest BCUT2D eigenvalue weighted by Crippen LogP contribution is -2.52. The van der Waals surface area contributed by atoms with Gasteiger partial charge in [-0.3, -0.25) is 9.69 Å². The zero-order chi connectivity index (χ0) is 17.3. The minimum absolute atomic E-state index is 0.139. The Balaban J connectivity index is 1.65. The van der Waals surface area contributed by atoms with Gasteiger partial charge in [0.1, 0.15) is 5.82 Å². The summed E-state index contributed by atoms with van der Waals surface area (Å²) in [6.45, 7) is 7.96. The van der Waals surface area contributed by atoms with Crippen molar-refractivity contribution >= 4 is 11.7 Å². The lowest BCUT2D eigenvalue weighted by atomic mass is 9.78. The number of hydrogen-bond donors (Lipinski definition) is 0. The van der Waals surface area contributed by atoms with Gasteiger partial charge in [-0.1, -0.05) is 6.07 Å². The highest BCUT2D eigenvalue weighted by molar-refractivity contribution is 5.84. The van der Waals surface area contributed by atoms with Gasteiger partial charge in [-0.15, -0.1) is 0 Å². The fourth-order valence-corrected chi connectivity index (χ4v) is 4.10. The van der Waals surface area contributed by atoms with Crippen LogP contribution in [-0.2, 0) is 11.3 Å². The van der Waals surface area contributed by atoms with Crippen LogP contribution in [0.25, 0.3) is 0 Å². The third-order valence-electron chi connectivity index (χ3n) is 5.50. The third kappa shape index (κ3) is 3.27. The van der Waals surface area contributed by atoms with Gasteiger partial charge >= 0.3 is 0 Å². The van der Waals surface area contributed by atoms with E-state index in [1.165, 1.54) is 5.56 Å². The molecule has 5 nitrogen and oxygen atoms in total. The predicted molar refractivity (Wildman–Crippen MR) is 97.0 cm³/mol. The van der Waals surface area contributed by atoms with E-state index in [9.17, 15) is 4.79 Å². The number of hydrogen-bond acceptors (Lipinski definition) is 4. The van der Waals surface area contributed by atoms with Crippen molar-refractivity contribution in [3.63, 3.8) is 0 Å². The average Bonchev–Trinajstić information content (AvgIpc) is 2.94. The molecule has 24 heavy (non-hydrogen) atoms. The van der Waals surface area contributed by atoms with E-state index in [4.69, 9.17) is 0 Å². The molecule has 3 rings (SSSR count). The van der Waals surface area contributed by atoms with E-state index < -0.39 is 0 Å². The summed E-state index contributed by atoms with van der Waals surface area (Å²) in [5, 5.41) is 0. The zero-order valence-corrected chi connectivity index (χ0v) is 15.5. The first kappa shape index (κ1) is 17.2. The maximum atomic E-state index is 13.0. The highest BCUT2D eigenvalue weighted by Gasteiger charge is 2.48. The van der Waals surface area contributed by atoms with E-state index in [-0.39, 0.29) is 5.41 Å². The molecule has 0 bridgehead atoms. The number of amides is 1. The summed E-state index contributed by atoms with van der Waals surface area (Å²) in [4.78, 5) is 24.0. The van der Waals surface area contributed by atoms with Crippen molar-refractivity contribution in [2.45, 2.75) is 45.7 Å². The van der Waals surface area contributed by atoms with Crippen molar-refractivity contribution in [1.29, 1.82) is 0 Å². The standard InChI is InChI=1S/C19H30N4O/c1-15(2)23-10-5-8-19(18(23)24)9-11-22(14-19)13-16-6-7-17(20-12-16)21(3)4/h6-7,12,15H,5,8-11,13-14H2,1-4H3/t19-/m1/s1. The topological polar surface area (TPSA) is 39.7 Å². The lowest BCUT2D eigenvalue weighted by molar-refractivity contribution is -0.147. The molecule has 0 radical (unpaired) electrons. The number of likely N-dealkylation sites (tertiary alicyclic amines) is 2. The Morgan fingerprint density at radius 2 is 2.04 bits per heavy atom. The van der Waals surface area contributed by atoms with Crippen molar-refractivity contribution in [2.75, 3.05) is 38.6 Å². The Hall–Kier alpha value is -1.62. The van der Waals surface area contributed by atoms with E-state index in [2.05, 4.69) is 40.8 Å². The molecule has 2 aliphatic rings. The number of piperidine rings is 1. The fourth-order valence-electron chi connectivity index (χ4n) is 4.10. The second-order valence-electron chi connectivity index (χ2n) is 7.86. The minimum Gasteiger partial charge on any atom is -0.363 e. The average molecular weight is 330 g/mol. The van der Waals surface area contributed by atoms with E-state index in [0.717, 1.165) is 51.3 Å². The van der Waals surface area contributed by atoms with E-state index in [1.54, 1.807) is 0 Å². The summed E-state index contributed by atoms with van der Waals surface area (Å²) in [6, 6.07) is 4.52. The van der Waals surface area contributed by atoms with Gasteiger partial charge in [0, 0.05) is 46.0 Å². The Morgan fingerprint density at radius 3 is 2.67 bits per heavy atom. The highest BCUT2D eigenvalue weighted by Crippen LogP contribution is 2.41. The number of anilines is 1. The first-order valence-electron chi connectivity index (χ1n) is 9.07. The molecule has 0 saturated carbocycles. The van der Waals surface area contributed by atoms with E-state index in [1.807, 2.05) is 25.2 Å². The molecule has 0 unspecified atom stereocenters. The Bertz CT molecular complexity index is 584.